The highest BCUT2D eigenvalue weighted by molar-refractivity contribution is 5.81. The molecule has 0 spiro atoms. The topological polar surface area (TPSA) is 93.1 Å². The van der Waals surface area contributed by atoms with Gasteiger partial charge < -0.3 is 19.7 Å². The van der Waals surface area contributed by atoms with E-state index in [0.29, 0.717) is 18.3 Å². The molecule has 4 rings (SSSR count). The lowest BCUT2D eigenvalue weighted by atomic mass is 9.43. The first-order valence-electron chi connectivity index (χ1n) is 13.3. The van der Waals surface area contributed by atoms with Crippen LogP contribution in [0.15, 0.2) is 12.7 Å². The predicted molar refractivity (Wildman–Crippen MR) is 128 cm³/mol. The van der Waals surface area contributed by atoms with Gasteiger partial charge in [0.2, 0.25) is 0 Å². The molecule has 0 aromatic rings. The summed E-state index contributed by atoms with van der Waals surface area (Å²) in [6.45, 7) is 10.3. The lowest BCUT2D eigenvalue weighted by Gasteiger charge is -2.63. The zero-order valence-electron chi connectivity index (χ0n) is 21.4. The van der Waals surface area contributed by atoms with Crippen molar-refractivity contribution in [2.45, 2.75) is 96.9 Å². The number of hydrogen-bond donors (Lipinski definition) is 2. The van der Waals surface area contributed by atoms with Crippen LogP contribution in [-0.2, 0) is 19.1 Å². The van der Waals surface area contributed by atoms with Crippen molar-refractivity contribution in [2.24, 2.45) is 46.3 Å². The van der Waals surface area contributed by atoms with Crippen molar-refractivity contribution < 1.29 is 29.3 Å². The van der Waals surface area contributed by atoms with E-state index in [1.807, 2.05) is 0 Å². The number of aliphatic hydroxyl groups is 2. The summed E-state index contributed by atoms with van der Waals surface area (Å²) in [5, 5.41) is 23.1. The molecule has 2 N–H and O–H groups in total. The van der Waals surface area contributed by atoms with Crippen LogP contribution in [0.5, 0.6) is 0 Å². The highest BCUT2D eigenvalue weighted by Gasteiger charge is 2.65. The first-order valence-corrected chi connectivity index (χ1v) is 13.3. The molecule has 0 radical (unpaired) electrons. The smallest absolute Gasteiger partial charge is 0.330 e. The van der Waals surface area contributed by atoms with Crippen LogP contribution in [-0.4, -0.2) is 47.6 Å². The molecule has 0 heterocycles. The first kappa shape index (κ1) is 25.7. The predicted octanol–water partition coefficient (Wildman–Crippen LogP) is 4.27. The van der Waals surface area contributed by atoms with Crippen LogP contribution in [0, 0.1) is 46.3 Å². The van der Waals surface area contributed by atoms with Crippen molar-refractivity contribution in [1.29, 1.82) is 0 Å². The number of methoxy groups -OCH3 is 1. The summed E-state index contributed by atoms with van der Waals surface area (Å²) in [4.78, 5) is 23.5. The third-order valence-corrected chi connectivity index (χ3v) is 11.0. The summed E-state index contributed by atoms with van der Waals surface area (Å²) < 4.78 is 10.4. The van der Waals surface area contributed by atoms with Crippen molar-refractivity contribution >= 4 is 11.9 Å². The van der Waals surface area contributed by atoms with Crippen LogP contribution >= 0.6 is 0 Å². The fourth-order valence-electron chi connectivity index (χ4n) is 9.08. The van der Waals surface area contributed by atoms with E-state index >= 15 is 0 Å². The zero-order valence-corrected chi connectivity index (χ0v) is 21.4. The molecule has 0 bridgehead atoms. The number of ether oxygens (including phenoxy) is 2. The molecule has 11 atom stereocenters. The number of aliphatic hydroxyl groups excluding tert-OH is 2. The van der Waals surface area contributed by atoms with Crippen LogP contribution in [0.4, 0.5) is 0 Å². The molecule has 6 nitrogen and oxygen atoms in total. The molecule has 0 saturated heterocycles. The van der Waals surface area contributed by atoms with Gasteiger partial charge in [-0.3, -0.25) is 4.79 Å². The van der Waals surface area contributed by atoms with Crippen LogP contribution in [0.1, 0.15) is 78.6 Å². The minimum Gasteiger partial charge on any atom is -0.469 e. The van der Waals surface area contributed by atoms with Crippen molar-refractivity contribution in [2.75, 3.05) is 7.11 Å². The Kier molecular flexibility index (Phi) is 7.23. The monoisotopic (exact) mass is 476 g/mol. The van der Waals surface area contributed by atoms with Gasteiger partial charge in [0, 0.05) is 12.5 Å². The molecular weight excluding hydrogens is 432 g/mol. The summed E-state index contributed by atoms with van der Waals surface area (Å²) in [5.74, 6) is 1.15. The summed E-state index contributed by atoms with van der Waals surface area (Å²) in [6, 6.07) is 0. The van der Waals surface area contributed by atoms with Gasteiger partial charge in [0.05, 0.1) is 19.3 Å². The summed E-state index contributed by atoms with van der Waals surface area (Å²) in [5.41, 5.74) is -0.199. The maximum absolute atomic E-state index is 11.8. The van der Waals surface area contributed by atoms with Crippen LogP contribution < -0.4 is 0 Å². The lowest BCUT2D eigenvalue weighted by molar-refractivity contribution is -0.209. The minimum atomic E-state index is -0.411. The van der Waals surface area contributed by atoms with Gasteiger partial charge in [0.25, 0.3) is 0 Å². The van der Waals surface area contributed by atoms with Gasteiger partial charge in [-0.05, 0) is 97.7 Å². The quantitative estimate of drug-likeness (QED) is 0.439. The first-order chi connectivity index (χ1) is 16.1. The maximum Gasteiger partial charge on any atom is 0.330 e. The average Bonchev–Trinajstić information content (AvgIpc) is 3.17. The van der Waals surface area contributed by atoms with Crippen molar-refractivity contribution in [3.8, 4) is 0 Å². The Morgan fingerprint density at radius 2 is 1.85 bits per heavy atom. The Hall–Kier alpha value is -1.40. The normalized spacial score (nSPS) is 46.4. The third kappa shape index (κ3) is 4.13. The molecule has 192 valence electrons. The molecule has 4 saturated carbocycles. The van der Waals surface area contributed by atoms with Crippen molar-refractivity contribution in [1.82, 2.24) is 0 Å². The van der Waals surface area contributed by atoms with E-state index in [-0.39, 0.29) is 52.5 Å². The fourth-order valence-corrected chi connectivity index (χ4v) is 9.08. The Bertz CT molecular complexity index is 796. The maximum atomic E-state index is 11.8. The van der Waals surface area contributed by atoms with E-state index in [1.54, 1.807) is 0 Å². The SMILES string of the molecule is C=CC(=O)O[C@@H]1CC[C@@]2(C)[C@@H](C1)C[C@@H](O)[C@@H]1[C@@H]2C[C@H](O)[C@]2(C)C([C@H](C)CCC(=O)OC)CC[C@@H]12. The molecule has 6 heteroatoms. The summed E-state index contributed by atoms with van der Waals surface area (Å²) in [6.07, 6.45) is 7.58. The van der Waals surface area contributed by atoms with Crippen LogP contribution in [0.2, 0.25) is 0 Å². The van der Waals surface area contributed by atoms with Gasteiger partial charge in [-0.2, -0.15) is 0 Å². The van der Waals surface area contributed by atoms with Gasteiger partial charge in [-0.15, -0.1) is 0 Å². The van der Waals surface area contributed by atoms with E-state index in [1.165, 1.54) is 13.2 Å². The lowest BCUT2D eigenvalue weighted by Crippen LogP contribution is -2.62. The molecule has 1 unspecified atom stereocenters. The molecule has 0 aromatic carbocycles. The van der Waals surface area contributed by atoms with Gasteiger partial charge in [-0.25, -0.2) is 4.79 Å². The summed E-state index contributed by atoms with van der Waals surface area (Å²) >= 11 is 0. The van der Waals surface area contributed by atoms with Crippen molar-refractivity contribution in [3.05, 3.63) is 12.7 Å². The Morgan fingerprint density at radius 3 is 2.53 bits per heavy atom. The molecule has 4 aliphatic rings. The van der Waals surface area contributed by atoms with Gasteiger partial charge >= 0.3 is 11.9 Å². The standard InChI is InChI=1S/C28H44O6/c1-6-24(31)34-18-11-12-27(3)17(13-18)14-22(29)26-20-9-8-19(16(2)7-10-25(32)33-5)28(20,4)23(30)15-21(26)27/h6,16-23,26,29-30H,1,7-15H2,2-5H3/t16-,17+,18-,19?,20+,21+,22-,23+,26+,27+,28-/m1/s1. The third-order valence-electron chi connectivity index (χ3n) is 11.0. The Labute approximate surface area is 204 Å². The van der Waals surface area contributed by atoms with E-state index in [0.717, 1.165) is 51.4 Å². The summed E-state index contributed by atoms with van der Waals surface area (Å²) in [7, 11) is 1.43. The number of esters is 2. The highest BCUT2D eigenvalue weighted by Crippen LogP contribution is 2.68. The minimum absolute atomic E-state index is 0.0396. The number of hydrogen-bond acceptors (Lipinski definition) is 6. The molecule has 0 aliphatic heterocycles. The number of carbonyl (C=O) groups excluding carboxylic acids is 2. The van der Waals surface area contributed by atoms with E-state index in [2.05, 4.69) is 27.4 Å². The molecule has 0 amide bonds. The Balaban J connectivity index is 1.53. The number of rotatable bonds is 6. The van der Waals surface area contributed by atoms with Crippen molar-refractivity contribution in [3.63, 3.8) is 0 Å². The molecule has 4 aliphatic carbocycles. The average molecular weight is 477 g/mol. The second-order valence-electron chi connectivity index (χ2n) is 12.2. The van der Waals surface area contributed by atoms with E-state index in [9.17, 15) is 19.8 Å². The molecule has 0 aromatic heterocycles. The van der Waals surface area contributed by atoms with E-state index in [4.69, 9.17) is 9.47 Å². The van der Waals surface area contributed by atoms with Gasteiger partial charge in [0.15, 0.2) is 0 Å². The Morgan fingerprint density at radius 1 is 1.12 bits per heavy atom. The highest BCUT2D eigenvalue weighted by atomic mass is 16.5. The fraction of sp³-hybridized carbons (Fsp3) is 0.857. The largest absolute Gasteiger partial charge is 0.469 e. The second-order valence-corrected chi connectivity index (χ2v) is 12.2. The van der Waals surface area contributed by atoms with Gasteiger partial charge in [0.1, 0.15) is 6.10 Å². The molecule has 4 fully saturated rings. The zero-order chi connectivity index (χ0) is 24.8. The number of carbonyl (C=O) groups is 2. The number of fused-ring (bicyclic) bond motifs is 5. The second kappa shape index (κ2) is 9.57. The van der Waals surface area contributed by atoms with Crippen LogP contribution in [0.25, 0.3) is 0 Å². The van der Waals surface area contributed by atoms with Gasteiger partial charge in [-0.1, -0.05) is 27.4 Å². The van der Waals surface area contributed by atoms with Crippen LogP contribution in [0.3, 0.4) is 0 Å². The molecular formula is C28H44O6. The van der Waals surface area contributed by atoms with E-state index < -0.39 is 12.2 Å². The molecule has 34 heavy (non-hydrogen) atoms.